The van der Waals surface area contributed by atoms with Gasteiger partial charge in [-0.15, -0.1) is 11.3 Å². The molecule has 0 unspecified atom stereocenters. The number of anilines is 1. The Morgan fingerprint density at radius 1 is 1.42 bits per heavy atom. The molecule has 8 heteroatoms. The van der Waals surface area contributed by atoms with Crippen LogP contribution in [0.15, 0.2) is 16.4 Å². The van der Waals surface area contributed by atoms with Crippen LogP contribution in [0.3, 0.4) is 0 Å². The van der Waals surface area contributed by atoms with Crippen molar-refractivity contribution in [1.82, 2.24) is 9.97 Å². The number of methoxy groups -OCH3 is 1. The Morgan fingerprint density at radius 3 is 2.74 bits per heavy atom. The zero-order chi connectivity index (χ0) is 14.0. The van der Waals surface area contributed by atoms with E-state index in [0.717, 1.165) is 5.56 Å². The normalized spacial score (nSPS) is 10.2. The van der Waals surface area contributed by atoms with Crippen LogP contribution in [-0.2, 0) is 4.74 Å². The molecular formula is C11H11N3O4S. The molecule has 0 aliphatic rings. The maximum absolute atomic E-state index is 11.9. The number of aromatic nitrogens is 2. The number of hydrogen-bond donors (Lipinski definition) is 3. The molecule has 0 aliphatic heterocycles. The Morgan fingerprint density at radius 2 is 2.16 bits per heavy atom. The van der Waals surface area contributed by atoms with Crippen molar-refractivity contribution in [3.8, 4) is 0 Å². The third-order valence-corrected chi connectivity index (χ3v) is 3.50. The molecule has 100 valence electrons. The third-order valence-electron chi connectivity index (χ3n) is 2.42. The first-order chi connectivity index (χ1) is 9.02. The van der Waals surface area contributed by atoms with Crippen LogP contribution in [0.5, 0.6) is 0 Å². The maximum atomic E-state index is 11.9. The van der Waals surface area contributed by atoms with E-state index in [0.29, 0.717) is 10.6 Å². The second kappa shape index (κ2) is 5.11. The molecule has 0 saturated carbocycles. The number of carbonyl (C=O) groups is 2. The van der Waals surface area contributed by atoms with Gasteiger partial charge in [-0.25, -0.2) is 9.59 Å². The summed E-state index contributed by atoms with van der Waals surface area (Å²) in [6, 6.07) is 0. The van der Waals surface area contributed by atoms with E-state index in [1.807, 2.05) is 0 Å². The van der Waals surface area contributed by atoms with Gasteiger partial charge in [0.15, 0.2) is 0 Å². The topological polar surface area (TPSA) is 104 Å². The fraction of sp³-hybridized carbons (Fsp3) is 0.182. The van der Waals surface area contributed by atoms with Crippen LogP contribution in [0, 0.1) is 6.92 Å². The van der Waals surface area contributed by atoms with E-state index in [4.69, 9.17) is 0 Å². The summed E-state index contributed by atoms with van der Waals surface area (Å²) < 4.78 is 4.64. The molecule has 0 aromatic carbocycles. The summed E-state index contributed by atoms with van der Waals surface area (Å²) in [4.78, 5) is 39.3. The Bertz CT molecular complexity index is 682. The highest BCUT2D eigenvalue weighted by Crippen LogP contribution is 2.28. The Hall–Kier alpha value is -2.35. The molecular weight excluding hydrogens is 270 g/mol. The molecule has 0 atom stereocenters. The van der Waals surface area contributed by atoms with Crippen LogP contribution in [-0.4, -0.2) is 29.0 Å². The van der Waals surface area contributed by atoms with Gasteiger partial charge in [-0.3, -0.25) is 4.79 Å². The van der Waals surface area contributed by atoms with Gasteiger partial charge < -0.3 is 20.0 Å². The van der Waals surface area contributed by atoms with Gasteiger partial charge in [-0.2, -0.15) is 0 Å². The molecule has 0 aliphatic carbocycles. The molecule has 2 aromatic heterocycles. The lowest BCUT2D eigenvalue weighted by Gasteiger charge is -2.05. The second-order valence-corrected chi connectivity index (χ2v) is 4.60. The van der Waals surface area contributed by atoms with Crippen molar-refractivity contribution in [2.45, 2.75) is 6.92 Å². The fourth-order valence-electron chi connectivity index (χ4n) is 1.48. The van der Waals surface area contributed by atoms with Crippen LogP contribution in [0.4, 0.5) is 5.69 Å². The molecule has 2 rings (SSSR count). The molecule has 0 saturated heterocycles. The van der Waals surface area contributed by atoms with Gasteiger partial charge in [0.05, 0.1) is 12.8 Å². The summed E-state index contributed by atoms with van der Waals surface area (Å²) in [7, 11) is 1.27. The zero-order valence-electron chi connectivity index (χ0n) is 10.2. The van der Waals surface area contributed by atoms with Gasteiger partial charge in [0, 0.05) is 6.20 Å². The Kier molecular flexibility index (Phi) is 3.52. The Balaban J connectivity index is 2.28. The van der Waals surface area contributed by atoms with Crippen molar-refractivity contribution in [2.75, 3.05) is 12.4 Å². The van der Waals surface area contributed by atoms with Gasteiger partial charge in [0.1, 0.15) is 10.6 Å². The monoisotopic (exact) mass is 281 g/mol. The fourth-order valence-corrected chi connectivity index (χ4v) is 2.40. The SMILES string of the molecule is COC(=O)c1scc(C)c1NC(=O)c1c[nH]c(=O)[nH]1. The van der Waals surface area contributed by atoms with Crippen LogP contribution >= 0.6 is 11.3 Å². The molecule has 7 nitrogen and oxygen atoms in total. The van der Waals surface area contributed by atoms with Crippen LogP contribution in [0.25, 0.3) is 0 Å². The van der Waals surface area contributed by atoms with Crippen molar-refractivity contribution in [2.24, 2.45) is 0 Å². The number of hydrogen-bond acceptors (Lipinski definition) is 5. The number of imidazole rings is 1. The first-order valence-corrected chi connectivity index (χ1v) is 6.16. The van der Waals surface area contributed by atoms with Crippen molar-refractivity contribution < 1.29 is 14.3 Å². The maximum Gasteiger partial charge on any atom is 0.350 e. The minimum Gasteiger partial charge on any atom is -0.465 e. The summed E-state index contributed by atoms with van der Waals surface area (Å²) in [5.41, 5.74) is 0.757. The molecule has 2 heterocycles. The van der Waals surface area contributed by atoms with Gasteiger partial charge >= 0.3 is 11.7 Å². The third kappa shape index (κ3) is 2.58. The van der Waals surface area contributed by atoms with E-state index < -0.39 is 17.6 Å². The van der Waals surface area contributed by atoms with E-state index in [2.05, 4.69) is 20.0 Å². The number of carbonyl (C=O) groups excluding carboxylic acids is 2. The summed E-state index contributed by atoms with van der Waals surface area (Å²) in [5.74, 6) is -1.03. The predicted octanol–water partition coefficient (Wildman–Crippen LogP) is 1.11. The average Bonchev–Trinajstić information content (AvgIpc) is 2.96. The molecule has 0 bridgehead atoms. The van der Waals surface area contributed by atoms with Crippen molar-refractivity contribution in [1.29, 1.82) is 0 Å². The van der Waals surface area contributed by atoms with Gasteiger partial charge in [-0.1, -0.05) is 0 Å². The smallest absolute Gasteiger partial charge is 0.350 e. The minimum atomic E-state index is -0.518. The summed E-state index contributed by atoms with van der Waals surface area (Å²) >= 11 is 1.18. The first kappa shape index (κ1) is 13.1. The molecule has 2 aromatic rings. The number of ether oxygens (including phenoxy) is 1. The number of thiophene rings is 1. The van der Waals surface area contributed by atoms with Gasteiger partial charge in [0.25, 0.3) is 5.91 Å². The van der Waals surface area contributed by atoms with E-state index >= 15 is 0 Å². The van der Waals surface area contributed by atoms with Crippen molar-refractivity contribution >= 4 is 28.9 Å². The van der Waals surface area contributed by atoms with Gasteiger partial charge in [0.2, 0.25) is 0 Å². The number of aromatic amines is 2. The second-order valence-electron chi connectivity index (χ2n) is 3.73. The van der Waals surface area contributed by atoms with Crippen LogP contribution < -0.4 is 11.0 Å². The average molecular weight is 281 g/mol. The summed E-state index contributed by atoms with van der Waals surface area (Å²) in [6.45, 7) is 1.76. The van der Waals surface area contributed by atoms with Crippen LogP contribution in [0.2, 0.25) is 0 Å². The Labute approximate surface area is 111 Å². The number of esters is 1. The van der Waals surface area contributed by atoms with Crippen LogP contribution in [0.1, 0.15) is 25.7 Å². The highest BCUT2D eigenvalue weighted by molar-refractivity contribution is 7.12. The highest BCUT2D eigenvalue weighted by atomic mass is 32.1. The molecule has 3 N–H and O–H groups in total. The van der Waals surface area contributed by atoms with Gasteiger partial charge in [-0.05, 0) is 17.9 Å². The number of H-pyrrole nitrogens is 2. The summed E-state index contributed by atoms with van der Waals surface area (Å²) in [5, 5.41) is 4.32. The number of aryl methyl sites for hydroxylation is 1. The number of amides is 1. The molecule has 0 spiro atoms. The zero-order valence-corrected chi connectivity index (χ0v) is 11.0. The standard InChI is InChI=1S/C11H11N3O4S/c1-5-4-19-8(10(16)18-2)7(5)14-9(15)6-3-12-11(17)13-6/h3-4H,1-2H3,(H,14,15)(H2,12,13,17). The first-order valence-electron chi connectivity index (χ1n) is 5.28. The van der Waals surface area contributed by atoms with E-state index in [1.165, 1.54) is 24.6 Å². The van der Waals surface area contributed by atoms with E-state index in [-0.39, 0.29) is 5.69 Å². The van der Waals surface area contributed by atoms with Crippen molar-refractivity contribution in [3.05, 3.63) is 38.2 Å². The number of rotatable bonds is 3. The molecule has 1 amide bonds. The highest BCUT2D eigenvalue weighted by Gasteiger charge is 2.19. The molecule has 19 heavy (non-hydrogen) atoms. The van der Waals surface area contributed by atoms with Crippen molar-refractivity contribution in [3.63, 3.8) is 0 Å². The predicted molar refractivity (Wildman–Crippen MR) is 69.8 cm³/mol. The lowest BCUT2D eigenvalue weighted by Crippen LogP contribution is -2.16. The van der Waals surface area contributed by atoms with E-state index in [9.17, 15) is 14.4 Å². The number of nitrogens with one attached hydrogen (secondary N) is 3. The largest absolute Gasteiger partial charge is 0.465 e. The molecule has 0 fully saturated rings. The lowest BCUT2D eigenvalue weighted by molar-refractivity contribution is 0.0607. The minimum absolute atomic E-state index is 0.0893. The van der Waals surface area contributed by atoms with E-state index in [1.54, 1.807) is 12.3 Å². The lowest BCUT2D eigenvalue weighted by atomic mass is 10.2. The quantitative estimate of drug-likeness (QED) is 0.733. The summed E-state index contributed by atoms with van der Waals surface area (Å²) in [6.07, 6.45) is 1.26. The molecule has 0 radical (unpaired) electrons.